The van der Waals surface area contributed by atoms with Gasteiger partial charge in [0.1, 0.15) is 5.52 Å². The lowest BCUT2D eigenvalue weighted by Gasteiger charge is -2.13. The minimum absolute atomic E-state index is 0.312. The van der Waals surface area contributed by atoms with E-state index in [9.17, 15) is 0 Å². The first-order valence-corrected chi connectivity index (χ1v) is 10.2. The average Bonchev–Trinajstić information content (AvgIpc) is 3.27. The molecule has 0 aliphatic heterocycles. The molecule has 0 atom stereocenters. The van der Waals surface area contributed by atoms with Crippen molar-refractivity contribution in [2.45, 2.75) is 6.92 Å². The Hall–Kier alpha value is -4.17. The topological polar surface area (TPSA) is 115 Å². The summed E-state index contributed by atoms with van der Waals surface area (Å²) in [4.78, 5) is 20.3. The molecule has 0 radical (unpaired) electrons. The highest BCUT2D eigenvalue weighted by molar-refractivity contribution is 6.32. The number of aryl methyl sites for hydroxylation is 1. The standard InChI is InChI=1S/C23H18ClN7O/c1-13-10-15(14-6-8-26-9-7-14)11-18(24)20(13)32-22-19-21(28-12-27-19)30-23(31-22)29-17-4-2-16(25)3-5-17/h2-12H,25H2,1H3,(H2,27,28,29,30,31). The van der Waals surface area contributed by atoms with Crippen LogP contribution < -0.4 is 15.8 Å². The number of fused-ring (bicyclic) bond motifs is 1. The van der Waals surface area contributed by atoms with Crippen LogP contribution in [-0.2, 0) is 0 Å². The molecule has 8 nitrogen and oxygen atoms in total. The van der Waals surface area contributed by atoms with Crippen LogP contribution in [0, 0.1) is 6.92 Å². The summed E-state index contributed by atoms with van der Waals surface area (Å²) in [6, 6.07) is 15.0. The lowest BCUT2D eigenvalue weighted by atomic mass is 10.0. The number of nitrogens with one attached hydrogen (secondary N) is 2. The molecule has 0 spiro atoms. The maximum Gasteiger partial charge on any atom is 0.250 e. The molecule has 0 amide bonds. The lowest BCUT2D eigenvalue weighted by Crippen LogP contribution is -2.01. The van der Waals surface area contributed by atoms with Gasteiger partial charge >= 0.3 is 0 Å². The minimum atomic E-state index is 0.312. The Kier molecular flexibility index (Phi) is 5.04. The maximum atomic E-state index is 6.61. The number of rotatable bonds is 5. The summed E-state index contributed by atoms with van der Waals surface area (Å²) < 4.78 is 6.17. The molecule has 3 aromatic heterocycles. The van der Waals surface area contributed by atoms with E-state index in [-0.39, 0.29) is 0 Å². The van der Waals surface area contributed by atoms with E-state index in [2.05, 4.69) is 30.2 Å². The second-order valence-corrected chi connectivity index (χ2v) is 7.55. The Balaban J connectivity index is 1.51. The second kappa shape index (κ2) is 8.16. The van der Waals surface area contributed by atoms with Crippen LogP contribution in [0.4, 0.5) is 17.3 Å². The number of imidazole rings is 1. The fourth-order valence-electron chi connectivity index (χ4n) is 3.30. The first-order valence-electron chi connectivity index (χ1n) is 9.79. The van der Waals surface area contributed by atoms with Crippen molar-refractivity contribution in [2.75, 3.05) is 11.1 Å². The van der Waals surface area contributed by atoms with E-state index in [1.807, 2.05) is 43.3 Å². The van der Waals surface area contributed by atoms with Gasteiger partial charge in [-0.05, 0) is 72.1 Å². The molecule has 32 heavy (non-hydrogen) atoms. The largest absolute Gasteiger partial charge is 0.435 e. The number of H-pyrrole nitrogens is 1. The molecule has 0 fully saturated rings. The van der Waals surface area contributed by atoms with Gasteiger partial charge in [-0.3, -0.25) is 4.98 Å². The van der Waals surface area contributed by atoms with Crippen LogP contribution in [0.3, 0.4) is 0 Å². The Morgan fingerprint density at radius 3 is 2.53 bits per heavy atom. The molecular formula is C23H18ClN7O. The zero-order chi connectivity index (χ0) is 22.1. The van der Waals surface area contributed by atoms with Gasteiger partial charge in [-0.15, -0.1) is 0 Å². The molecule has 0 aliphatic rings. The zero-order valence-corrected chi connectivity index (χ0v) is 17.8. The predicted octanol–water partition coefficient (Wildman–Crippen LogP) is 5.49. The normalized spacial score (nSPS) is 10.9. The summed E-state index contributed by atoms with van der Waals surface area (Å²) in [6.45, 7) is 1.94. The number of nitrogens with zero attached hydrogens (tertiary/aromatic N) is 4. The first-order chi connectivity index (χ1) is 15.6. The summed E-state index contributed by atoms with van der Waals surface area (Å²) in [6.07, 6.45) is 5.03. The van der Waals surface area contributed by atoms with E-state index in [1.165, 1.54) is 0 Å². The maximum absolute atomic E-state index is 6.61. The number of pyridine rings is 1. The quantitative estimate of drug-likeness (QED) is 0.307. The summed E-state index contributed by atoms with van der Waals surface area (Å²) in [5.41, 5.74) is 11.1. The highest BCUT2D eigenvalue weighted by atomic mass is 35.5. The summed E-state index contributed by atoms with van der Waals surface area (Å²) in [5.74, 6) is 1.16. The van der Waals surface area contributed by atoms with Crippen molar-refractivity contribution in [1.82, 2.24) is 24.9 Å². The first kappa shape index (κ1) is 19.8. The van der Waals surface area contributed by atoms with Gasteiger partial charge in [0.2, 0.25) is 5.95 Å². The third kappa shape index (κ3) is 3.91. The second-order valence-electron chi connectivity index (χ2n) is 7.14. The number of hydrogen-bond donors (Lipinski definition) is 3. The average molecular weight is 444 g/mol. The molecule has 0 saturated heterocycles. The van der Waals surface area contributed by atoms with Crippen LogP contribution in [0.2, 0.25) is 5.02 Å². The lowest BCUT2D eigenvalue weighted by molar-refractivity contribution is 0.465. The summed E-state index contributed by atoms with van der Waals surface area (Å²) >= 11 is 6.61. The van der Waals surface area contributed by atoms with Gasteiger partial charge in [0.05, 0.1) is 11.3 Å². The SMILES string of the molecule is Cc1cc(-c2ccncc2)cc(Cl)c1Oc1nc(Nc2ccc(N)cc2)nc2nc[nH]c12. The van der Waals surface area contributed by atoms with Gasteiger partial charge in [-0.1, -0.05) is 11.6 Å². The number of benzene rings is 2. The van der Waals surface area contributed by atoms with E-state index in [1.54, 1.807) is 30.9 Å². The van der Waals surface area contributed by atoms with E-state index in [4.69, 9.17) is 22.1 Å². The fraction of sp³-hybridized carbons (Fsp3) is 0.0435. The number of aromatic amines is 1. The number of nitrogen functional groups attached to an aromatic ring is 1. The van der Waals surface area contributed by atoms with Crippen LogP contribution in [0.1, 0.15) is 5.56 Å². The van der Waals surface area contributed by atoms with E-state index in [0.29, 0.717) is 39.5 Å². The molecule has 0 bridgehead atoms. The number of ether oxygens (including phenoxy) is 1. The van der Waals surface area contributed by atoms with Crippen molar-refractivity contribution in [3.8, 4) is 22.8 Å². The molecule has 2 aromatic carbocycles. The van der Waals surface area contributed by atoms with Crippen LogP contribution in [0.25, 0.3) is 22.3 Å². The predicted molar refractivity (Wildman–Crippen MR) is 125 cm³/mol. The molecule has 158 valence electrons. The summed E-state index contributed by atoms with van der Waals surface area (Å²) in [7, 11) is 0. The van der Waals surface area contributed by atoms with E-state index < -0.39 is 0 Å². The molecule has 0 aliphatic carbocycles. The number of nitrogens with two attached hydrogens (primary N) is 1. The van der Waals surface area contributed by atoms with Gasteiger partial charge in [0.15, 0.2) is 11.4 Å². The monoisotopic (exact) mass is 443 g/mol. The fourth-order valence-corrected chi connectivity index (χ4v) is 3.60. The number of aromatic nitrogens is 5. The van der Waals surface area contributed by atoms with Gasteiger partial charge in [-0.2, -0.15) is 9.97 Å². The molecular weight excluding hydrogens is 426 g/mol. The van der Waals surface area contributed by atoms with Crippen molar-refractivity contribution >= 4 is 40.1 Å². The van der Waals surface area contributed by atoms with Crippen LogP contribution in [0.15, 0.2) is 67.3 Å². The Bertz CT molecular complexity index is 1380. The van der Waals surface area contributed by atoms with Crippen LogP contribution in [0.5, 0.6) is 11.6 Å². The Morgan fingerprint density at radius 2 is 1.78 bits per heavy atom. The number of halogens is 1. The molecule has 0 unspecified atom stereocenters. The van der Waals surface area contributed by atoms with Gasteiger partial charge in [0, 0.05) is 23.8 Å². The van der Waals surface area contributed by atoms with Gasteiger partial charge < -0.3 is 20.8 Å². The molecule has 3 heterocycles. The van der Waals surface area contributed by atoms with Gasteiger partial charge in [-0.25, -0.2) is 4.98 Å². The third-order valence-corrected chi connectivity index (χ3v) is 5.14. The molecule has 5 aromatic rings. The minimum Gasteiger partial charge on any atom is -0.435 e. The smallest absolute Gasteiger partial charge is 0.250 e. The van der Waals surface area contributed by atoms with Crippen LogP contribution in [-0.4, -0.2) is 24.9 Å². The highest BCUT2D eigenvalue weighted by Gasteiger charge is 2.16. The zero-order valence-electron chi connectivity index (χ0n) is 17.0. The van der Waals surface area contributed by atoms with Gasteiger partial charge in [0.25, 0.3) is 5.88 Å². The van der Waals surface area contributed by atoms with Crippen molar-refractivity contribution in [2.24, 2.45) is 0 Å². The van der Waals surface area contributed by atoms with Crippen molar-refractivity contribution in [3.05, 3.63) is 77.8 Å². The van der Waals surface area contributed by atoms with Crippen molar-refractivity contribution < 1.29 is 4.74 Å². The van der Waals surface area contributed by atoms with Crippen molar-refractivity contribution in [1.29, 1.82) is 0 Å². The Morgan fingerprint density at radius 1 is 1.00 bits per heavy atom. The third-order valence-electron chi connectivity index (χ3n) is 4.86. The molecule has 9 heteroatoms. The summed E-state index contributed by atoms with van der Waals surface area (Å²) in [5, 5.41) is 3.62. The van der Waals surface area contributed by atoms with E-state index >= 15 is 0 Å². The number of anilines is 3. The highest BCUT2D eigenvalue weighted by Crippen LogP contribution is 2.38. The van der Waals surface area contributed by atoms with Crippen LogP contribution >= 0.6 is 11.6 Å². The molecule has 0 saturated carbocycles. The molecule has 4 N–H and O–H groups in total. The van der Waals surface area contributed by atoms with E-state index in [0.717, 1.165) is 22.4 Å². The number of hydrogen-bond acceptors (Lipinski definition) is 7. The molecule has 5 rings (SSSR count). The Labute approximate surface area is 188 Å². The van der Waals surface area contributed by atoms with Crippen molar-refractivity contribution in [3.63, 3.8) is 0 Å².